The predicted molar refractivity (Wildman–Crippen MR) is 167 cm³/mol. The zero-order valence-corrected chi connectivity index (χ0v) is 26.4. The van der Waals surface area contributed by atoms with Crippen molar-refractivity contribution in [2.45, 2.75) is 44.4 Å². The highest BCUT2D eigenvalue weighted by Crippen LogP contribution is 2.30. The highest BCUT2D eigenvalue weighted by Gasteiger charge is 2.30. The maximum Gasteiger partial charge on any atom is 0.416 e. The van der Waals surface area contributed by atoms with Gasteiger partial charge in [0.25, 0.3) is 5.56 Å². The molecular weight excluding hydrogens is 608 g/mol. The molecule has 2 heterocycles. The van der Waals surface area contributed by atoms with Gasteiger partial charge in [-0.15, -0.1) is 0 Å². The molecule has 0 N–H and O–H groups in total. The fourth-order valence-electron chi connectivity index (χ4n) is 4.12. The van der Waals surface area contributed by atoms with Gasteiger partial charge in [-0.05, 0) is 49.8 Å². The Labute approximate surface area is 264 Å². The number of rotatable bonds is 12. The molecule has 0 atom stereocenters. The van der Waals surface area contributed by atoms with Gasteiger partial charge in [0, 0.05) is 67.7 Å². The molecule has 0 spiro atoms. The number of benzene rings is 2. The van der Waals surface area contributed by atoms with Gasteiger partial charge in [0.2, 0.25) is 6.41 Å². The van der Waals surface area contributed by atoms with Gasteiger partial charge in [-0.3, -0.25) is 9.59 Å². The molecule has 8 nitrogen and oxygen atoms in total. The van der Waals surface area contributed by atoms with E-state index in [0.717, 1.165) is 49.3 Å². The maximum atomic E-state index is 12.7. The van der Waals surface area contributed by atoms with E-state index in [-0.39, 0.29) is 11.4 Å². The summed E-state index contributed by atoms with van der Waals surface area (Å²) in [5, 5.41) is 0.662. The van der Waals surface area contributed by atoms with Gasteiger partial charge in [-0.25, -0.2) is 14.4 Å². The molecule has 0 radical (unpaired) electrons. The van der Waals surface area contributed by atoms with Crippen molar-refractivity contribution in [1.29, 1.82) is 0 Å². The molecule has 0 aliphatic rings. The first kappa shape index (κ1) is 35.4. The van der Waals surface area contributed by atoms with E-state index >= 15 is 0 Å². The van der Waals surface area contributed by atoms with Gasteiger partial charge >= 0.3 is 6.18 Å². The number of aromatic nitrogens is 4. The molecule has 13 heteroatoms. The van der Waals surface area contributed by atoms with Gasteiger partial charge in [0.1, 0.15) is 5.82 Å². The van der Waals surface area contributed by atoms with Crippen molar-refractivity contribution < 1.29 is 22.4 Å². The SMILES string of the molecule is CCN(CC)CCN(C=O)Cc1cnc(-c2ccc(C(F)(F)F)cc2)nc1.Cc1cn(C)c(SCc2ccc(F)cc2)nc1=O. The molecule has 4 aromatic rings. The minimum atomic E-state index is -4.37. The Morgan fingerprint density at radius 1 is 0.933 bits per heavy atom. The van der Waals surface area contributed by atoms with E-state index in [4.69, 9.17) is 0 Å². The number of aryl methyl sites for hydroxylation is 2. The van der Waals surface area contributed by atoms with Crippen LogP contribution in [0.3, 0.4) is 0 Å². The van der Waals surface area contributed by atoms with Crippen LogP contribution >= 0.6 is 11.8 Å². The molecule has 2 aromatic carbocycles. The molecule has 0 saturated carbocycles. The Bertz CT molecular complexity index is 1560. The van der Waals surface area contributed by atoms with Gasteiger partial charge in [-0.2, -0.15) is 18.2 Å². The van der Waals surface area contributed by atoms with Crippen molar-refractivity contribution in [3.8, 4) is 11.4 Å². The van der Waals surface area contributed by atoms with E-state index in [0.29, 0.717) is 41.0 Å². The molecule has 45 heavy (non-hydrogen) atoms. The maximum absolute atomic E-state index is 12.7. The zero-order valence-electron chi connectivity index (χ0n) is 25.6. The third kappa shape index (κ3) is 11.1. The van der Waals surface area contributed by atoms with Gasteiger partial charge < -0.3 is 14.4 Å². The van der Waals surface area contributed by atoms with Crippen LogP contribution in [0.1, 0.15) is 36.1 Å². The summed E-state index contributed by atoms with van der Waals surface area (Å²) in [5.74, 6) is 0.752. The van der Waals surface area contributed by atoms with Crippen molar-refractivity contribution >= 4 is 18.2 Å². The highest BCUT2D eigenvalue weighted by atomic mass is 32.2. The lowest BCUT2D eigenvalue weighted by Crippen LogP contribution is -2.34. The van der Waals surface area contributed by atoms with Crippen LogP contribution in [-0.2, 0) is 30.3 Å². The van der Waals surface area contributed by atoms with Crippen LogP contribution < -0.4 is 5.56 Å². The third-order valence-electron chi connectivity index (χ3n) is 6.81. The normalized spacial score (nSPS) is 11.2. The summed E-state index contributed by atoms with van der Waals surface area (Å²) in [7, 11) is 1.85. The molecule has 240 valence electrons. The molecule has 0 bridgehead atoms. The van der Waals surface area contributed by atoms with Crippen molar-refractivity contribution in [3.05, 3.63) is 106 Å². The predicted octanol–water partition coefficient (Wildman–Crippen LogP) is 5.98. The molecule has 4 rings (SSSR count). The number of hydrogen-bond acceptors (Lipinski definition) is 7. The molecular formula is C32H36F4N6O2S. The second-order valence-electron chi connectivity index (χ2n) is 10.1. The van der Waals surface area contributed by atoms with E-state index in [2.05, 4.69) is 33.7 Å². The fraction of sp³-hybridized carbons (Fsp3) is 0.344. The fourth-order valence-corrected chi connectivity index (χ4v) is 5.02. The monoisotopic (exact) mass is 644 g/mol. The molecule has 0 saturated heterocycles. The Kier molecular flexibility index (Phi) is 13.2. The summed E-state index contributed by atoms with van der Waals surface area (Å²) in [6.45, 7) is 9.51. The number of alkyl halides is 3. The number of hydrogen-bond donors (Lipinski definition) is 0. The lowest BCUT2D eigenvalue weighted by molar-refractivity contribution is -0.137. The Balaban J connectivity index is 0.000000265. The van der Waals surface area contributed by atoms with Crippen LogP contribution in [0.5, 0.6) is 0 Å². The van der Waals surface area contributed by atoms with E-state index in [9.17, 15) is 27.2 Å². The van der Waals surface area contributed by atoms with Crippen molar-refractivity contribution in [3.63, 3.8) is 0 Å². The Hall–Kier alpha value is -4.10. The first-order chi connectivity index (χ1) is 21.4. The lowest BCUT2D eigenvalue weighted by atomic mass is 10.1. The second-order valence-corrected chi connectivity index (χ2v) is 11.1. The number of thioether (sulfide) groups is 1. The second kappa shape index (κ2) is 16.8. The highest BCUT2D eigenvalue weighted by molar-refractivity contribution is 7.98. The number of carbonyl (C=O) groups is 1. The van der Waals surface area contributed by atoms with Crippen LogP contribution in [0.4, 0.5) is 17.6 Å². The van der Waals surface area contributed by atoms with E-state index < -0.39 is 11.7 Å². The number of carbonyl (C=O) groups excluding carboxylic acids is 1. The first-order valence-electron chi connectivity index (χ1n) is 14.2. The quantitative estimate of drug-likeness (QED) is 0.0812. The molecule has 2 aromatic heterocycles. The summed E-state index contributed by atoms with van der Waals surface area (Å²) in [6.07, 6.45) is 1.38. The van der Waals surface area contributed by atoms with E-state index in [1.807, 2.05) is 11.6 Å². The van der Waals surface area contributed by atoms with Gasteiger partial charge in [-0.1, -0.05) is 49.9 Å². The minimum absolute atomic E-state index is 0.199. The Morgan fingerprint density at radius 3 is 2.11 bits per heavy atom. The summed E-state index contributed by atoms with van der Waals surface area (Å²) in [4.78, 5) is 39.0. The molecule has 1 amide bonds. The standard InChI is InChI=1S/C19H23F3N4O.C13H13FN2OS/c1-3-25(4-2)9-10-26(14-27)13-15-11-23-18(24-12-15)16-5-7-17(8-6-16)19(20,21)22;1-9-7-16(2)13(15-12(9)17)18-8-10-3-5-11(14)6-4-10/h5-8,11-12,14H,3-4,9-10,13H2,1-2H3;3-7H,8H2,1-2H3. The summed E-state index contributed by atoms with van der Waals surface area (Å²) >= 11 is 1.46. The molecule has 0 fully saturated rings. The third-order valence-corrected chi connectivity index (χ3v) is 7.93. The molecule has 0 unspecified atom stereocenters. The Morgan fingerprint density at radius 2 is 1.56 bits per heavy atom. The van der Waals surface area contributed by atoms with Crippen molar-refractivity contribution in [1.82, 2.24) is 29.3 Å². The summed E-state index contributed by atoms with van der Waals surface area (Å²) < 4.78 is 52.4. The first-order valence-corrected chi connectivity index (χ1v) is 15.2. The van der Waals surface area contributed by atoms with E-state index in [1.54, 1.807) is 42.5 Å². The smallest absolute Gasteiger partial charge is 0.340 e. The number of halogens is 4. The average molecular weight is 645 g/mol. The van der Waals surface area contributed by atoms with Crippen LogP contribution in [-0.4, -0.2) is 61.9 Å². The number of nitrogens with zero attached hydrogens (tertiary/aromatic N) is 6. The summed E-state index contributed by atoms with van der Waals surface area (Å²) in [5.41, 5.74) is 1.98. The number of likely N-dealkylation sites (N-methyl/N-ethyl adjacent to an activating group) is 1. The van der Waals surface area contributed by atoms with Crippen LogP contribution in [0.25, 0.3) is 11.4 Å². The van der Waals surface area contributed by atoms with Crippen molar-refractivity contribution in [2.75, 3.05) is 26.2 Å². The lowest BCUT2D eigenvalue weighted by Gasteiger charge is -2.23. The zero-order chi connectivity index (χ0) is 33.0. The average Bonchev–Trinajstić information content (AvgIpc) is 3.03. The topological polar surface area (TPSA) is 84.2 Å². The molecule has 0 aliphatic carbocycles. The van der Waals surface area contributed by atoms with Crippen molar-refractivity contribution in [2.24, 2.45) is 7.05 Å². The largest absolute Gasteiger partial charge is 0.416 e. The number of amides is 1. The van der Waals surface area contributed by atoms with E-state index in [1.165, 1.54) is 36.0 Å². The van der Waals surface area contributed by atoms with Gasteiger partial charge in [0.05, 0.1) is 5.56 Å². The minimum Gasteiger partial charge on any atom is -0.340 e. The van der Waals surface area contributed by atoms with Crippen LogP contribution in [0.15, 0.2) is 77.1 Å². The summed E-state index contributed by atoms with van der Waals surface area (Å²) in [6, 6.07) is 11.0. The molecule has 0 aliphatic heterocycles. The van der Waals surface area contributed by atoms with Crippen LogP contribution in [0.2, 0.25) is 0 Å². The van der Waals surface area contributed by atoms with Crippen LogP contribution in [0, 0.1) is 12.7 Å². The van der Waals surface area contributed by atoms with Gasteiger partial charge in [0.15, 0.2) is 11.0 Å².